The van der Waals surface area contributed by atoms with Gasteiger partial charge in [0.1, 0.15) is 21.9 Å². The van der Waals surface area contributed by atoms with Crippen LogP contribution in [0.3, 0.4) is 0 Å². The molecule has 3 aromatic rings. The Morgan fingerprint density at radius 1 is 1.31 bits per heavy atom. The number of thiophene rings is 1. The van der Waals surface area contributed by atoms with Crippen molar-refractivity contribution in [2.75, 3.05) is 7.11 Å². The standard InChI is InChI=1S/C22H26N2O4S/c1-7-8-16-23-19-18(20(25)24(16)22(4,5)21(26)27)17(13(3)29-19)14-11-12(2)9-10-15(14)28-6/h9-11H,7-8H2,1-6H3,(H,26,27). The monoisotopic (exact) mass is 414 g/mol. The molecule has 0 spiro atoms. The van der Waals surface area contributed by atoms with Crippen molar-refractivity contribution in [2.24, 2.45) is 0 Å². The van der Waals surface area contributed by atoms with Crippen molar-refractivity contribution in [1.29, 1.82) is 0 Å². The number of aromatic nitrogens is 2. The molecular formula is C22H26N2O4S. The fourth-order valence-electron chi connectivity index (χ4n) is 3.61. The summed E-state index contributed by atoms with van der Waals surface area (Å²) in [6, 6.07) is 5.82. The van der Waals surface area contributed by atoms with Crippen molar-refractivity contribution in [3.05, 3.63) is 44.8 Å². The number of ether oxygens (including phenoxy) is 1. The topological polar surface area (TPSA) is 81.4 Å². The Morgan fingerprint density at radius 2 is 2.00 bits per heavy atom. The van der Waals surface area contributed by atoms with Crippen molar-refractivity contribution in [2.45, 2.75) is 53.0 Å². The number of aryl methyl sites for hydroxylation is 3. The van der Waals surface area contributed by atoms with E-state index in [2.05, 4.69) is 0 Å². The number of nitrogens with zero attached hydrogens (tertiary/aromatic N) is 2. The van der Waals surface area contributed by atoms with Crippen LogP contribution in [0, 0.1) is 13.8 Å². The van der Waals surface area contributed by atoms with Crippen molar-refractivity contribution >= 4 is 27.5 Å². The van der Waals surface area contributed by atoms with Crippen molar-refractivity contribution in [3.8, 4) is 16.9 Å². The summed E-state index contributed by atoms with van der Waals surface area (Å²) in [5.41, 5.74) is 0.890. The van der Waals surface area contributed by atoms with E-state index in [0.717, 1.165) is 28.0 Å². The van der Waals surface area contributed by atoms with E-state index in [1.54, 1.807) is 7.11 Å². The van der Waals surface area contributed by atoms with Gasteiger partial charge in [-0.3, -0.25) is 9.36 Å². The molecule has 154 valence electrons. The van der Waals surface area contributed by atoms with Crippen LogP contribution >= 0.6 is 11.3 Å². The van der Waals surface area contributed by atoms with Gasteiger partial charge < -0.3 is 9.84 Å². The van der Waals surface area contributed by atoms with Crippen LogP contribution in [-0.4, -0.2) is 27.7 Å². The maximum atomic E-state index is 13.7. The van der Waals surface area contributed by atoms with Gasteiger partial charge in [-0.15, -0.1) is 11.3 Å². The van der Waals surface area contributed by atoms with Gasteiger partial charge in [-0.1, -0.05) is 18.6 Å². The molecule has 1 N–H and O–H groups in total. The first kappa shape index (κ1) is 21.0. The van der Waals surface area contributed by atoms with E-state index in [1.165, 1.54) is 29.8 Å². The summed E-state index contributed by atoms with van der Waals surface area (Å²) in [4.78, 5) is 32.0. The smallest absolute Gasteiger partial charge is 0.329 e. The highest BCUT2D eigenvalue weighted by molar-refractivity contribution is 7.19. The van der Waals surface area contributed by atoms with Gasteiger partial charge in [-0.2, -0.15) is 0 Å². The zero-order valence-corrected chi connectivity index (χ0v) is 18.4. The van der Waals surface area contributed by atoms with Crippen LogP contribution in [0.4, 0.5) is 0 Å². The Morgan fingerprint density at radius 3 is 2.59 bits per heavy atom. The van der Waals surface area contributed by atoms with Crippen LogP contribution in [0.1, 0.15) is 43.5 Å². The van der Waals surface area contributed by atoms with E-state index in [1.807, 2.05) is 39.0 Å². The summed E-state index contributed by atoms with van der Waals surface area (Å²) in [5, 5.41) is 10.2. The minimum atomic E-state index is -1.41. The molecule has 0 aliphatic rings. The third-order valence-electron chi connectivity index (χ3n) is 5.15. The number of hydrogen-bond acceptors (Lipinski definition) is 5. The molecule has 3 rings (SSSR count). The average molecular weight is 415 g/mol. The Balaban J connectivity index is 2.48. The lowest BCUT2D eigenvalue weighted by Gasteiger charge is -2.25. The highest BCUT2D eigenvalue weighted by Crippen LogP contribution is 2.41. The number of aliphatic carboxylic acids is 1. The molecule has 2 heterocycles. The highest BCUT2D eigenvalue weighted by Gasteiger charge is 2.34. The fraction of sp³-hybridized carbons (Fsp3) is 0.409. The van der Waals surface area contributed by atoms with Gasteiger partial charge >= 0.3 is 5.97 Å². The summed E-state index contributed by atoms with van der Waals surface area (Å²) < 4.78 is 6.89. The summed E-state index contributed by atoms with van der Waals surface area (Å²) in [5.74, 6) is 0.0978. The van der Waals surface area contributed by atoms with Gasteiger partial charge in [0.2, 0.25) is 0 Å². The van der Waals surface area contributed by atoms with Crippen LogP contribution in [0.15, 0.2) is 23.0 Å². The van der Waals surface area contributed by atoms with Crippen LogP contribution in [0.25, 0.3) is 21.3 Å². The summed E-state index contributed by atoms with van der Waals surface area (Å²) >= 11 is 1.45. The maximum Gasteiger partial charge on any atom is 0.329 e. The molecule has 0 amide bonds. The van der Waals surface area contributed by atoms with E-state index >= 15 is 0 Å². The van der Waals surface area contributed by atoms with Gasteiger partial charge in [0.05, 0.1) is 12.5 Å². The number of benzene rings is 1. The quantitative estimate of drug-likeness (QED) is 0.641. The van der Waals surface area contributed by atoms with Crippen LogP contribution < -0.4 is 10.3 Å². The Kier molecular flexibility index (Phi) is 5.54. The van der Waals surface area contributed by atoms with E-state index in [4.69, 9.17) is 9.72 Å². The second kappa shape index (κ2) is 7.63. The van der Waals surface area contributed by atoms with Gasteiger partial charge in [0.15, 0.2) is 0 Å². The van der Waals surface area contributed by atoms with Gasteiger partial charge in [-0.25, -0.2) is 9.78 Å². The summed E-state index contributed by atoms with van der Waals surface area (Å²) in [7, 11) is 1.60. The minimum Gasteiger partial charge on any atom is -0.496 e. The molecule has 1 aromatic carbocycles. The first-order chi connectivity index (χ1) is 13.6. The third kappa shape index (κ3) is 3.44. The number of methoxy groups -OCH3 is 1. The molecule has 0 aliphatic heterocycles. The molecule has 0 aliphatic carbocycles. The lowest BCUT2D eigenvalue weighted by molar-refractivity contribution is -0.146. The zero-order valence-electron chi connectivity index (χ0n) is 17.6. The van der Waals surface area contributed by atoms with Crippen LogP contribution in [0.5, 0.6) is 5.75 Å². The molecule has 0 atom stereocenters. The Hall–Kier alpha value is -2.67. The first-order valence-electron chi connectivity index (χ1n) is 9.57. The second-order valence-electron chi connectivity index (χ2n) is 7.70. The zero-order chi connectivity index (χ0) is 21.5. The molecule has 0 fully saturated rings. The molecule has 0 unspecified atom stereocenters. The van der Waals surface area contributed by atoms with E-state index in [-0.39, 0.29) is 5.56 Å². The molecule has 0 bridgehead atoms. The van der Waals surface area contributed by atoms with Gasteiger partial charge in [-0.05, 0) is 46.2 Å². The van der Waals surface area contributed by atoms with Crippen molar-refractivity contribution in [1.82, 2.24) is 9.55 Å². The summed E-state index contributed by atoms with van der Waals surface area (Å²) in [6.45, 7) is 8.99. The predicted molar refractivity (Wildman–Crippen MR) is 116 cm³/mol. The molecule has 0 saturated heterocycles. The van der Waals surface area contributed by atoms with E-state index < -0.39 is 11.5 Å². The predicted octanol–water partition coefficient (Wildman–Crippen LogP) is 4.52. The van der Waals surface area contributed by atoms with Gasteiger partial charge in [0.25, 0.3) is 5.56 Å². The van der Waals surface area contributed by atoms with Crippen molar-refractivity contribution in [3.63, 3.8) is 0 Å². The second-order valence-corrected chi connectivity index (χ2v) is 8.90. The minimum absolute atomic E-state index is 0.325. The molecule has 0 saturated carbocycles. The van der Waals surface area contributed by atoms with E-state index in [0.29, 0.717) is 28.2 Å². The SMILES string of the molecule is CCCc1nc2sc(C)c(-c3cc(C)ccc3OC)c2c(=O)n1C(C)(C)C(=O)O. The first-order valence-corrected chi connectivity index (χ1v) is 10.4. The number of carboxylic acid groups (broad SMARTS) is 1. The number of rotatable bonds is 6. The average Bonchev–Trinajstić information content (AvgIpc) is 2.97. The Bertz CT molecular complexity index is 1160. The lowest BCUT2D eigenvalue weighted by atomic mass is 9.99. The molecular weight excluding hydrogens is 388 g/mol. The number of hydrogen-bond donors (Lipinski definition) is 1. The van der Waals surface area contributed by atoms with E-state index in [9.17, 15) is 14.7 Å². The number of fused-ring (bicyclic) bond motifs is 1. The fourth-order valence-corrected chi connectivity index (χ4v) is 4.65. The maximum absolute atomic E-state index is 13.7. The number of carbonyl (C=O) groups is 1. The van der Waals surface area contributed by atoms with Crippen LogP contribution in [-0.2, 0) is 16.8 Å². The van der Waals surface area contributed by atoms with Crippen LogP contribution in [0.2, 0.25) is 0 Å². The highest BCUT2D eigenvalue weighted by atomic mass is 32.1. The largest absolute Gasteiger partial charge is 0.496 e. The molecule has 29 heavy (non-hydrogen) atoms. The molecule has 2 aromatic heterocycles. The molecule has 7 heteroatoms. The molecule has 0 radical (unpaired) electrons. The Labute approximate surface area is 173 Å². The molecule has 6 nitrogen and oxygen atoms in total. The van der Waals surface area contributed by atoms with Crippen molar-refractivity contribution < 1.29 is 14.6 Å². The van der Waals surface area contributed by atoms with Gasteiger partial charge in [0, 0.05) is 22.4 Å². The third-order valence-corrected chi connectivity index (χ3v) is 6.15. The number of carboxylic acids is 1. The normalized spacial score (nSPS) is 11.8. The lowest BCUT2D eigenvalue weighted by Crippen LogP contribution is -2.44. The summed E-state index contributed by atoms with van der Waals surface area (Å²) in [6.07, 6.45) is 1.29.